The van der Waals surface area contributed by atoms with Gasteiger partial charge in [0, 0.05) is 56.9 Å². The molecule has 1 aromatic carbocycles. The molecule has 0 radical (unpaired) electrons. The number of esters is 1. The largest absolute Gasteiger partial charge is 0.481 e. The molecule has 2 heterocycles. The summed E-state index contributed by atoms with van der Waals surface area (Å²) in [7, 11) is 1.75. The number of carbonyl (C=O) groups excluding carboxylic acids is 16. The molecule has 644 valence electrons. The number of hydrogen-bond acceptors (Lipinski definition) is 23. The number of nitrogens with two attached hydrogens (primary N) is 3. The number of fused-ring (bicyclic) bond motifs is 1. The zero-order valence-corrected chi connectivity index (χ0v) is 66.1. The van der Waals surface area contributed by atoms with Crippen molar-refractivity contribution in [3.8, 4) is 0 Å². The first-order valence-corrected chi connectivity index (χ1v) is 37.9. The highest BCUT2D eigenvalue weighted by Crippen LogP contribution is 2.22. The van der Waals surface area contributed by atoms with E-state index in [2.05, 4.69) is 77.3 Å². The number of cyclic esters (lactones) is 1. The van der Waals surface area contributed by atoms with Gasteiger partial charge < -0.3 is 121 Å². The second-order valence-electron chi connectivity index (χ2n) is 28.3. The Bertz CT molecular complexity index is 3840. The van der Waals surface area contributed by atoms with Crippen LogP contribution in [0.4, 0.5) is 0 Å². The summed E-state index contributed by atoms with van der Waals surface area (Å²) in [5.74, 6) is -27.6. The number of H-pyrrole nitrogens is 1. The molecule has 15 amide bonds. The second kappa shape index (κ2) is 49.7. The molecule has 43 heteroatoms. The number of carbonyl (C=O) groups is 20. The molecular formula is C73H111N17O26. The third kappa shape index (κ3) is 34.0. The van der Waals surface area contributed by atoms with E-state index in [1.807, 2.05) is 5.32 Å². The van der Waals surface area contributed by atoms with E-state index in [4.69, 9.17) is 26.7 Å². The smallest absolute Gasteiger partial charge is 0.335 e. The van der Waals surface area contributed by atoms with Crippen molar-refractivity contribution >= 4 is 129 Å². The summed E-state index contributed by atoms with van der Waals surface area (Å²) in [5, 5.41) is 67.3. The number of nitrogens with one attached hydrogen (secondary N) is 13. The van der Waals surface area contributed by atoms with Gasteiger partial charge in [0.15, 0.2) is 6.10 Å². The van der Waals surface area contributed by atoms with Crippen LogP contribution in [0.3, 0.4) is 0 Å². The van der Waals surface area contributed by atoms with Crippen molar-refractivity contribution in [2.75, 3.05) is 33.8 Å². The average molecular weight is 1640 g/mol. The number of carboxylic acid groups (broad SMARTS) is 4. The van der Waals surface area contributed by atoms with E-state index in [0.29, 0.717) is 40.1 Å². The van der Waals surface area contributed by atoms with E-state index in [0.717, 1.165) is 53.7 Å². The number of amides is 15. The van der Waals surface area contributed by atoms with Gasteiger partial charge in [-0.25, -0.2) is 9.59 Å². The molecule has 0 bridgehead atoms. The van der Waals surface area contributed by atoms with Crippen LogP contribution in [0.15, 0.2) is 30.5 Å². The first kappa shape index (κ1) is 98.3. The molecule has 1 aliphatic heterocycles. The summed E-state index contributed by atoms with van der Waals surface area (Å²) in [5.41, 5.74) is 17.9. The van der Waals surface area contributed by atoms with Crippen LogP contribution in [-0.4, -0.2) is 261 Å². The van der Waals surface area contributed by atoms with Crippen molar-refractivity contribution < 1.29 is 126 Å². The van der Waals surface area contributed by atoms with E-state index in [9.17, 15) is 116 Å². The number of aromatic nitrogens is 1. The standard InChI is InChI=1S/C73H111N17O26/c1-9-36(3)19-13-11-12-14-23-52(93)80-46(29-40-33-77-42-21-16-15-20-41(40)42)66(106)83-44(24-26-55(96)97)63(103)86-48(31-51(76)92)69(109)88-59-39(6)116-73(114)58(37(4)10-2)87-65(105)45(25-27-56(98)99)84-67(107)47(30-50(75)91)81-53(94)34-78-70(110)60(61(115-8)72(112)113)89-64(104)43(22-17-18-28-74)82-68(108)49(32-57(100)101)85-62(102)38(5)79-54(95)35-90(7)71(59)111/h15-16,20-21,33,36-39,43-49,58-61,77H,9-14,17-19,22-32,34-35,74H2,1-8H3,(H2,75,91)(H2,76,92)(H,78,110)(H,79,95)(H,80,93)(H,81,94)(H,82,108)(H,83,106)(H,84,107)(H,85,102)(H,86,103)(H,87,105)(H,88,109)(H,89,104)(H,96,97)(H,98,99)(H,100,101)(H,112,113)/t36?,37?,38-,39+,43+,44+,45?,46-,47+,48-,49-,58-,59-,60-,61?/m0/s1. The van der Waals surface area contributed by atoms with E-state index in [1.165, 1.54) is 13.8 Å². The van der Waals surface area contributed by atoms with Crippen LogP contribution in [-0.2, 0) is 112 Å². The van der Waals surface area contributed by atoms with Crippen LogP contribution in [0.25, 0.3) is 10.9 Å². The molecule has 0 saturated carbocycles. The lowest BCUT2D eigenvalue weighted by molar-refractivity contribution is -0.159. The Morgan fingerprint density at radius 3 is 1.77 bits per heavy atom. The zero-order chi connectivity index (χ0) is 87.2. The van der Waals surface area contributed by atoms with Crippen molar-refractivity contribution in [3.05, 3.63) is 36.0 Å². The monoisotopic (exact) mass is 1640 g/mol. The Balaban J connectivity index is 2.25. The summed E-state index contributed by atoms with van der Waals surface area (Å²) >= 11 is 0. The van der Waals surface area contributed by atoms with Gasteiger partial charge in [-0.1, -0.05) is 84.4 Å². The molecule has 4 unspecified atom stereocenters. The van der Waals surface area contributed by atoms with Gasteiger partial charge in [0.25, 0.3) is 0 Å². The SMILES string of the molecule is CCC(C)CCCCCCC(=O)N[C@@H](Cc1c[nH]c2ccccc12)C(=O)N[C@H](CCC(=O)O)C(=O)N[C@@H](CC(N)=O)C(=O)N[C@@H]1C(=O)N(C)CC(=O)N[C@@H](C)C(=O)N[C@@H](CC(=O)O)C(=O)N[C@H](CCCCN)C(=O)N[C@@H](C(OC)C(=O)O)C(=O)NCC(=O)N[C@H](CC(N)=O)C(=O)NC(CCC(=O)O)C(=O)N[C@@H](C(C)CC)C(=O)O[C@@H]1C. The number of likely N-dealkylation sites (N-methyl/N-ethyl adjacent to an activating group) is 1. The molecule has 0 spiro atoms. The lowest BCUT2D eigenvalue weighted by Gasteiger charge is -2.32. The number of nitrogens with zero attached hydrogens (tertiary/aromatic N) is 1. The lowest BCUT2D eigenvalue weighted by atomic mass is 9.98. The predicted molar refractivity (Wildman–Crippen MR) is 407 cm³/mol. The highest BCUT2D eigenvalue weighted by atomic mass is 16.5. The average Bonchev–Trinajstić information content (AvgIpc) is 1.58. The maximum Gasteiger partial charge on any atom is 0.335 e. The number of aliphatic carboxylic acids is 4. The fourth-order valence-electron chi connectivity index (χ4n) is 12.0. The summed E-state index contributed by atoms with van der Waals surface area (Å²) in [6, 6.07) is -14.7. The molecule has 1 aliphatic rings. The van der Waals surface area contributed by atoms with Gasteiger partial charge in [-0.2, -0.15) is 0 Å². The minimum Gasteiger partial charge on any atom is -0.481 e. The molecule has 43 nitrogen and oxygen atoms in total. The quantitative estimate of drug-likeness (QED) is 0.0222. The van der Waals surface area contributed by atoms with Crippen LogP contribution >= 0.6 is 0 Å². The normalized spacial score (nSPS) is 21.8. The number of hydrogen-bond donors (Lipinski definition) is 20. The lowest BCUT2D eigenvalue weighted by Crippen LogP contribution is -2.62. The molecule has 1 fully saturated rings. The van der Waals surface area contributed by atoms with Crippen LogP contribution in [0.5, 0.6) is 0 Å². The Kier molecular flexibility index (Phi) is 42.1. The Hall–Kier alpha value is -11.9. The van der Waals surface area contributed by atoms with E-state index >= 15 is 0 Å². The third-order valence-electron chi connectivity index (χ3n) is 19.0. The molecule has 2 aromatic rings. The molecule has 1 aromatic heterocycles. The molecular weight excluding hydrogens is 1530 g/mol. The van der Waals surface area contributed by atoms with Crippen molar-refractivity contribution in [3.63, 3.8) is 0 Å². The first-order valence-electron chi connectivity index (χ1n) is 37.9. The number of rotatable bonds is 38. The van der Waals surface area contributed by atoms with Crippen molar-refractivity contribution in [2.45, 2.75) is 242 Å². The summed E-state index contributed by atoms with van der Waals surface area (Å²) in [4.78, 5) is 277. The molecule has 116 heavy (non-hydrogen) atoms. The number of aromatic amines is 1. The van der Waals surface area contributed by atoms with Crippen LogP contribution in [0.1, 0.15) is 163 Å². The number of para-hydroxylation sites is 1. The Morgan fingerprint density at radius 2 is 1.18 bits per heavy atom. The summed E-state index contributed by atoms with van der Waals surface area (Å²) in [6.07, 6.45) is -4.63. The van der Waals surface area contributed by atoms with Gasteiger partial charge in [-0.15, -0.1) is 0 Å². The van der Waals surface area contributed by atoms with Crippen LogP contribution in [0.2, 0.25) is 0 Å². The van der Waals surface area contributed by atoms with Crippen LogP contribution in [0, 0.1) is 11.8 Å². The minimum atomic E-state index is -2.30. The minimum absolute atomic E-state index is 0.00341. The van der Waals surface area contributed by atoms with Gasteiger partial charge in [0.1, 0.15) is 72.6 Å². The zero-order valence-electron chi connectivity index (χ0n) is 66.1. The van der Waals surface area contributed by atoms with E-state index in [-0.39, 0.29) is 45.1 Å². The number of carboxylic acids is 4. The number of primary amides is 2. The highest BCUT2D eigenvalue weighted by Gasteiger charge is 2.42. The summed E-state index contributed by atoms with van der Waals surface area (Å²) in [6.45, 7) is 6.89. The number of unbranched alkanes of at least 4 members (excludes halogenated alkanes) is 4. The molecule has 3 rings (SSSR count). The highest BCUT2D eigenvalue weighted by molar-refractivity contribution is 6.02. The van der Waals surface area contributed by atoms with Gasteiger partial charge in [0.2, 0.25) is 88.6 Å². The fraction of sp³-hybridized carbons (Fsp3) is 0.616. The van der Waals surface area contributed by atoms with Crippen molar-refractivity contribution in [2.24, 2.45) is 29.0 Å². The summed E-state index contributed by atoms with van der Waals surface area (Å²) < 4.78 is 10.8. The molecule has 1 saturated heterocycles. The van der Waals surface area contributed by atoms with E-state index in [1.54, 1.807) is 30.5 Å². The Labute approximate surface area is 667 Å². The van der Waals surface area contributed by atoms with E-state index < -0.39 is 261 Å². The predicted octanol–water partition coefficient (Wildman–Crippen LogP) is -4.80. The second-order valence-corrected chi connectivity index (χ2v) is 28.3. The topological polar surface area (TPSA) is 682 Å². The van der Waals surface area contributed by atoms with Gasteiger partial charge in [0.05, 0.1) is 32.4 Å². The number of methoxy groups -OCH3 is 1. The van der Waals surface area contributed by atoms with Gasteiger partial charge >= 0.3 is 29.8 Å². The number of benzene rings is 1. The maximum atomic E-state index is 15.0. The van der Waals surface area contributed by atoms with Crippen molar-refractivity contribution in [1.29, 1.82) is 0 Å². The maximum absolute atomic E-state index is 15.0. The first-order chi connectivity index (χ1) is 54.6. The van der Waals surface area contributed by atoms with Crippen molar-refractivity contribution in [1.82, 2.24) is 73.7 Å². The molecule has 15 atom stereocenters. The third-order valence-corrected chi connectivity index (χ3v) is 19.0. The van der Waals surface area contributed by atoms with Gasteiger partial charge in [-0.05, 0) is 82.4 Å². The molecule has 0 aliphatic carbocycles. The van der Waals surface area contributed by atoms with Crippen LogP contribution < -0.4 is 81.0 Å². The number of ether oxygens (including phenoxy) is 2. The van der Waals surface area contributed by atoms with Gasteiger partial charge in [-0.3, -0.25) is 86.3 Å². The molecule has 23 N–H and O–H groups in total. The Morgan fingerprint density at radius 1 is 0.595 bits per heavy atom. The fourth-order valence-corrected chi connectivity index (χ4v) is 12.0.